The largest absolute Gasteiger partial charge is 0.399 e. The number of benzene rings is 2. The highest BCUT2D eigenvalue weighted by Crippen LogP contribution is 2.28. The summed E-state index contributed by atoms with van der Waals surface area (Å²) in [6.45, 7) is 0. The van der Waals surface area contributed by atoms with E-state index in [1.807, 2.05) is 24.3 Å². The Balaban J connectivity index is 2.41. The fourth-order valence-corrected chi connectivity index (χ4v) is 2.12. The highest BCUT2D eigenvalue weighted by atomic mass is 35.5. The Bertz CT molecular complexity index is 533. The minimum Gasteiger partial charge on any atom is -0.399 e. The van der Waals surface area contributed by atoms with Crippen LogP contribution in [0.5, 0.6) is 0 Å². The van der Waals surface area contributed by atoms with Crippen LogP contribution in [-0.2, 0) is 6.42 Å². The summed E-state index contributed by atoms with van der Waals surface area (Å²) < 4.78 is 0. The van der Waals surface area contributed by atoms with Crippen molar-refractivity contribution in [2.24, 2.45) is 0 Å². The van der Waals surface area contributed by atoms with Crippen molar-refractivity contribution in [2.45, 2.75) is 6.42 Å². The Morgan fingerprint density at radius 2 is 1.71 bits per heavy atom. The van der Waals surface area contributed by atoms with Crippen molar-refractivity contribution in [1.82, 2.24) is 0 Å². The molecule has 0 radical (unpaired) electrons. The first-order chi connectivity index (χ1) is 8.08. The number of hydrogen-bond acceptors (Lipinski definition) is 2. The molecule has 0 heterocycles. The molecule has 4 heteroatoms. The van der Waals surface area contributed by atoms with Crippen LogP contribution >= 0.6 is 23.2 Å². The van der Waals surface area contributed by atoms with Gasteiger partial charge in [0.15, 0.2) is 0 Å². The molecule has 0 saturated carbocycles. The maximum Gasteiger partial charge on any atom is 0.0461 e. The van der Waals surface area contributed by atoms with E-state index in [1.165, 1.54) is 0 Å². The van der Waals surface area contributed by atoms with Crippen LogP contribution in [0.15, 0.2) is 36.4 Å². The predicted octanol–water partition coefficient (Wildman–Crippen LogP) is 3.75. The molecule has 0 aliphatic heterocycles. The number of halogens is 2. The van der Waals surface area contributed by atoms with Gasteiger partial charge in [-0.3, -0.25) is 0 Å². The molecule has 2 rings (SSSR count). The quantitative estimate of drug-likeness (QED) is 0.814. The number of rotatable bonds is 2. The minimum absolute atomic E-state index is 0.579. The molecule has 2 nitrogen and oxygen atoms in total. The number of nitrogens with two attached hydrogens (primary N) is 2. The second kappa shape index (κ2) is 4.86. The van der Waals surface area contributed by atoms with Crippen molar-refractivity contribution in [3.05, 3.63) is 57.6 Å². The van der Waals surface area contributed by atoms with E-state index in [2.05, 4.69) is 0 Å². The second-order valence-corrected chi connectivity index (χ2v) is 4.65. The van der Waals surface area contributed by atoms with Gasteiger partial charge in [-0.2, -0.15) is 0 Å². The monoisotopic (exact) mass is 266 g/mol. The van der Waals surface area contributed by atoms with Crippen LogP contribution in [0.4, 0.5) is 11.4 Å². The minimum atomic E-state index is 0.579. The van der Waals surface area contributed by atoms with Crippen LogP contribution in [0.3, 0.4) is 0 Å². The van der Waals surface area contributed by atoms with Gasteiger partial charge in [-0.05, 0) is 41.5 Å². The summed E-state index contributed by atoms with van der Waals surface area (Å²) in [5.74, 6) is 0. The van der Waals surface area contributed by atoms with Crippen LogP contribution in [-0.4, -0.2) is 0 Å². The lowest BCUT2D eigenvalue weighted by Crippen LogP contribution is -1.98. The molecule has 4 N–H and O–H groups in total. The summed E-state index contributed by atoms with van der Waals surface area (Å²) in [5.41, 5.74) is 14.8. The average Bonchev–Trinajstić information content (AvgIpc) is 2.28. The van der Waals surface area contributed by atoms with Crippen molar-refractivity contribution in [1.29, 1.82) is 0 Å². The fourth-order valence-electron chi connectivity index (χ4n) is 1.68. The third-order valence-electron chi connectivity index (χ3n) is 2.59. The van der Waals surface area contributed by atoms with Gasteiger partial charge in [0.25, 0.3) is 0 Å². The van der Waals surface area contributed by atoms with Gasteiger partial charge in [0.2, 0.25) is 0 Å². The zero-order valence-electron chi connectivity index (χ0n) is 9.08. The Kier molecular flexibility index (Phi) is 3.46. The zero-order chi connectivity index (χ0) is 12.4. The molecule has 0 saturated heterocycles. The molecule has 0 fully saturated rings. The Morgan fingerprint density at radius 1 is 0.941 bits per heavy atom. The van der Waals surface area contributed by atoms with Gasteiger partial charge < -0.3 is 11.5 Å². The van der Waals surface area contributed by atoms with Crippen LogP contribution in [0.2, 0.25) is 10.0 Å². The number of nitrogen functional groups attached to an aromatic ring is 2. The summed E-state index contributed by atoms with van der Waals surface area (Å²) in [6, 6.07) is 10.8. The van der Waals surface area contributed by atoms with Gasteiger partial charge in [-0.15, -0.1) is 0 Å². The van der Waals surface area contributed by atoms with E-state index in [9.17, 15) is 0 Å². The maximum absolute atomic E-state index is 6.12. The molecular formula is C13H12Cl2N2. The molecule has 2 aromatic carbocycles. The molecule has 0 atom stereocenters. The Hall–Kier alpha value is -1.38. The van der Waals surface area contributed by atoms with E-state index in [4.69, 9.17) is 34.7 Å². The summed E-state index contributed by atoms with van der Waals surface area (Å²) in [6.07, 6.45) is 0.579. The molecule has 17 heavy (non-hydrogen) atoms. The van der Waals surface area contributed by atoms with Crippen LogP contribution in [0.1, 0.15) is 11.1 Å². The molecule has 0 spiro atoms. The fraction of sp³-hybridized carbons (Fsp3) is 0.0769. The summed E-state index contributed by atoms with van der Waals surface area (Å²) in [5, 5.41) is 1.31. The molecule has 0 aliphatic rings. The molecular weight excluding hydrogens is 255 g/mol. The van der Waals surface area contributed by atoms with Crippen molar-refractivity contribution in [2.75, 3.05) is 11.5 Å². The topological polar surface area (TPSA) is 52.0 Å². The normalized spacial score (nSPS) is 10.5. The van der Waals surface area contributed by atoms with Crippen molar-refractivity contribution in [3.63, 3.8) is 0 Å². The van der Waals surface area contributed by atoms with Crippen molar-refractivity contribution in [3.8, 4) is 0 Å². The SMILES string of the molecule is Nc1ccc(Cl)c(Cc2c(N)cccc2Cl)c1. The summed E-state index contributed by atoms with van der Waals surface area (Å²) >= 11 is 12.2. The lowest BCUT2D eigenvalue weighted by atomic mass is 10.0. The molecule has 88 valence electrons. The third-order valence-corrected chi connectivity index (χ3v) is 3.31. The summed E-state index contributed by atoms with van der Waals surface area (Å²) in [7, 11) is 0. The maximum atomic E-state index is 6.12. The summed E-state index contributed by atoms with van der Waals surface area (Å²) in [4.78, 5) is 0. The van der Waals surface area contributed by atoms with Gasteiger partial charge in [0.1, 0.15) is 0 Å². The molecule has 0 aliphatic carbocycles. The van der Waals surface area contributed by atoms with Crippen LogP contribution < -0.4 is 11.5 Å². The molecule has 0 bridgehead atoms. The van der Waals surface area contributed by atoms with E-state index in [0.717, 1.165) is 11.1 Å². The van der Waals surface area contributed by atoms with E-state index in [1.54, 1.807) is 12.1 Å². The molecule has 0 unspecified atom stereocenters. The Labute approximate surface area is 110 Å². The standard InChI is InChI=1S/C13H12Cl2N2/c14-11-5-4-9(16)6-8(11)7-10-12(15)2-1-3-13(10)17/h1-6H,7,16-17H2. The van der Waals surface area contributed by atoms with Crippen LogP contribution in [0.25, 0.3) is 0 Å². The highest BCUT2D eigenvalue weighted by molar-refractivity contribution is 6.32. The predicted molar refractivity (Wildman–Crippen MR) is 74.5 cm³/mol. The molecule has 0 amide bonds. The second-order valence-electron chi connectivity index (χ2n) is 3.84. The lowest BCUT2D eigenvalue weighted by Gasteiger charge is -2.10. The first kappa shape index (κ1) is 12.1. The first-order valence-corrected chi connectivity index (χ1v) is 5.90. The van der Waals surface area contributed by atoms with Crippen molar-refractivity contribution < 1.29 is 0 Å². The van der Waals surface area contributed by atoms with Gasteiger partial charge in [0, 0.05) is 27.8 Å². The lowest BCUT2D eigenvalue weighted by molar-refractivity contribution is 1.20. The number of anilines is 2. The highest BCUT2D eigenvalue weighted by Gasteiger charge is 2.08. The molecule has 2 aromatic rings. The van der Waals surface area contributed by atoms with Gasteiger partial charge in [-0.1, -0.05) is 29.3 Å². The van der Waals surface area contributed by atoms with Crippen molar-refractivity contribution >= 4 is 34.6 Å². The van der Waals surface area contributed by atoms with E-state index >= 15 is 0 Å². The average molecular weight is 267 g/mol. The first-order valence-electron chi connectivity index (χ1n) is 5.14. The smallest absolute Gasteiger partial charge is 0.0461 e. The molecule has 0 aromatic heterocycles. The van der Waals surface area contributed by atoms with Gasteiger partial charge in [-0.25, -0.2) is 0 Å². The van der Waals surface area contributed by atoms with E-state index in [-0.39, 0.29) is 0 Å². The van der Waals surface area contributed by atoms with E-state index in [0.29, 0.717) is 27.8 Å². The van der Waals surface area contributed by atoms with Gasteiger partial charge in [0.05, 0.1) is 0 Å². The van der Waals surface area contributed by atoms with Crippen LogP contribution in [0, 0.1) is 0 Å². The Morgan fingerprint density at radius 3 is 2.41 bits per heavy atom. The van der Waals surface area contributed by atoms with Gasteiger partial charge >= 0.3 is 0 Å². The number of hydrogen-bond donors (Lipinski definition) is 2. The van der Waals surface area contributed by atoms with E-state index < -0.39 is 0 Å². The zero-order valence-corrected chi connectivity index (χ0v) is 10.6. The third kappa shape index (κ3) is 2.65.